The zero-order valence-electron chi connectivity index (χ0n) is 22.2. The number of aryl methyl sites for hydroxylation is 2. The predicted octanol–water partition coefficient (Wildman–Crippen LogP) is 9.28. The summed E-state index contributed by atoms with van der Waals surface area (Å²) in [6.45, 7) is 11.6. The van der Waals surface area contributed by atoms with Crippen LogP contribution < -0.4 is 0 Å². The first-order valence-electron chi connectivity index (χ1n) is 12.7. The molecule has 5 rings (SSSR count). The minimum Gasteiger partial charge on any atom is -0.434 e. The molecule has 0 amide bonds. The summed E-state index contributed by atoms with van der Waals surface area (Å²) in [5, 5.41) is 2.41. The third kappa shape index (κ3) is 4.63. The van der Waals surface area contributed by atoms with Crippen LogP contribution in [0.15, 0.2) is 65.2 Å². The SMILES string of the molecule is Cc1cc(CC(C)(C)C(F)F)cc(C)c1-c1nc2ccnc(-c3cc(C(C)C)c4ccccc4c3)c2o1. The molecule has 3 aromatic carbocycles. The van der Waals surface area contributed by atoms with E-state index in [0.29, 0.717) is 23.8 Å². The summed E-state index contributed by atoms with van der Waals surface area (Å²) >= 11 is 0. The number of oxazole rings is 1. The maximum Gasteiger partial charge on any atom is 0.243 e. The molecule has 0 bridgehead atoms. The van der Waals surface area contributed by atoms with E-state index in [1.807, 2.05) is 32.0 Å². The number of hydrogen-bond acceptors (Lipinski definition) is 3. The fraction of sp³-hybridized carbons (Fsp3) is 0.312. The Bertz CT molecular complexity index is 1590. The molecule has 0 saturated carbocycles. The molecule has 0 radical (unpaired) electrons. The molecule has 0 aliphatic carbocycles. The fourth-order valence-corrected chi connectivity index (χ4v) is 5.22. The minimum atomic E-state index is -2.39. The van der Waals surface area contributed by atoms with E-state index in [2.05, 4.69) is 50.2 Å². The first kappa shape index (κ1) is 25.1. The standard InChI is InChI=1S/C32H32F2N2O/c1-18(2)25-16-23(15-22-9-7-8-10-24(22)25)28-29-26(11-12-35-28)36-30(37-29)27-19(3)13-21(14-20(27)4)17-32(5,6)31(33)34/h7-16,18,31H,17H2,1-6H3. The van der Waals surface area contributed by atoms with Crippen LogP contribution in [0.1, 0.15) is 55.9 Å². The van der Waals surface area contributed by atoms with Gasteiger partial charge in [0.2, 0.25) is 12.3 Å². The van der Waals surface area contributed by atoms with E-state index in [1.165, 1.54) is 10.9 Å². The first-order chi connectivity index (χ1) is 17.5. The molecule has 0 unspecified atom stereocenters. The van der Waals surface area contributed by atoms with E-state index < -0.39 is 11.8 Å². The molecule has 2 aromatic heterocycles. The van der Waals surface area contributed by atoms with Crippen molar-refractivity contribution in [3.63, 3.8) is 0 Å². The zero-order chi connectivity index (χ0) is 26.5. The van der Waals surface area contributed by atoms with Crippen molar-refractivity contribution in [2.75, 3.05) is 0 Å². The molecule has 5 aromatic rings. The molecule has 0 spiro atoms. The number of aromatic nitrogens is 2. The van der Waals surface area contributed by atoms with Gasteiger partial charge in [-0.3, -0.25) is 4.98 Å². The molecule has 0 fully saturated rings. The highest BCUT2D eigenvalue weighted by atomic mass is 19.3. The average molecular weight is 499 g/mol. The number of pyridine rings is 1. The molecule has 0 aliphatic heterocycles. The third-order valence-electron chi connectivity index (χ3n) is 7.15. The second-order valence-electron chi connectivity index (χ2n) is 11.0. The maximum absolute atomic E-state index is 13.5. The van der Waals surface area contributed by atoms with Gasteiger partial charge in [0.15, 0.2) is 5.58 Å². The Morgan fingerprint density at radius 2 is 1.65 bits per heavy atom. The van der Waals surface area contributed by atoms with Crippen molar-refractivity contribution in [3.8, 4) is 22.7 Å². The molecular formula is C32H32F2N2O. The Balaban J connectivity index is 1.62. The molecule has 0 N–H and O–H groups in total. The number of alkyl halides is 2. The smallest absolute Gasteiger partial charge is 0.243 e. The van der Waals surface area contributed by atoms with Crippen molar-refractivity contribution in [1.29, 1.82) is 0 Å². The highest BCUT2D eigenvalue weighted by Gasteiger charge is 2.30. The Morgan fingerprint density at radius 1 is 0.946 bits per heavy atom. The normalized spacial score (nSPS) is 12.4. The number of hydrogen-bond donors (Lipinski definition) is 0. The molecule has 0 saturated heterocycles. The molecule has 0 aliphatic rings. The lowest BCUT2D eigenvalue weighted by Crippen LogP contribution is -2.24. The van der Waals surface area contributed by atoms with Crippen LogP contribution in [-0.2, 0) is 6.42 Å². The van der Waals surface area contributed by atoms with Crippen LogP contribution in [-0.4, -0.2) is 16.4 Å². The Morgan fingerprint density at radius 3 is 2.32 bits per heavy atom. The minimum absolute atomic E-state index is 0.300. The van der Waals surface area contributed by atoms with Crippen molar-refractivity contribution >= 4 is 21.9 Å². The van der Waals surface area contributed by atoms with Crippen LogP contribution in [0.25, 0.3) is 44.6 Å². The lowest BCUT2D eigenvalue weighted by Gasteiger charge is -2.24. The van der Waals surface area contributed by atoms with Gasteiger partial charge in [0, 0.05) is 22.7 Å². The molecule has 0 atom stereocenters. The predicted molar refractivity (Wildman–Crippen MR) is 147 cm³/mol. The van der Waals surface area contributed by atoms with Crippen molar-refractivity contribution in [2.45, 2.75) is 60.3 Å². The van der Waals surface area contributed by atoms with Crippen molar-refractivity contribution in [1.82, 2.24) is 9.97 Å². The number of benzene rings is 3. The molecule has 2 heterocycles. The summed E-state index contributed by atoms with van der Waals surface area (Å²) in [5.41, 5.74) is 6.99. The topological polar surface area (TPSA) is 38.9 Å². The van der Waals surface area contributed by atoms with Gasteiger partial charge in [0.25, 0.3) is 0 Å². The van der Waals surface area contributed by atoms with Gasteiger partial charge in [0.1, 0.15) is 11.2 Å². The summed E-state index contributed by atoms with van der Waals surface area (Å²) in [7, 11) is 0. The number of fused-ring (bicyclic) bond motifs is 2. The highest BCUT2D eigenvalue weighted by Crippen LogP contribution is 2.38. The van der Waals surface area contributed by atoms with Gasteiger partial charge in [-0.1, -0.05) is 64.1 Å². The fourth-order valence-electron chi connectivity index (χ4n) is 5.22. The van der Waals surface area contributed by atoms with Crippen LogP contribution >= 0.6 is 0 Å². The van der Waals surface area contributed by atoms with Gasteiger partial charge in [-0.25, -0.2) is 13.8 Å². The van der Waals surface area contributed by atoms with Gasteiger partial charge in [0.05, 0.1) is 0 Å². The van der Waals surface area contributed by atoms with Crippen molar-refractivity contribution < 1.29 is 13.2 Å². The van der Waals surface area contributed by atoms with Crippen LogP contribution in [0.3, 0.4) is 0 Å². The average Bonchev–Trinajstić information content (AvgIpc) is 3.26. The van der Waals surface area contributed by atoms with E-state index in [0.717, 1.165) is 44.4 Å². The van der Waals surface area contributed by atoms with Gasteiger partial charge >= 0.3 is 0 Å². The van der Waals surface area contributed by atoms with E-state index in [-0.39, 0.29) is 0 Å². The first-order valence-corrected chi connectivity index (χ1v) is 12.7. The van der Waals surface area contributed by atoms with Crippen LogP contribution in [0, 0.1) is 19.3 Å². The summed E-state index contributed by atoms with van der Waals surface area (Å²) in [4.78, 5) is 9.52. The summed E-state index contributed by atoms with van der Waals surface area (Å²) < 4.78 is 33.3. The van der Waals surface area contributed by atoms with E-state index >= 15 is 0 Å². The Labute approximate surface area is 216 Å². The van der Waals surface area contributed by atoms with Gasteiger partial charge in [-0.15, -0.1) is 0 Å². The van der Waals surface area contributed by atoms with E-state index in [9.17, 15) is 8.78 Å². The maximum atomic E-state index is 13.5. The summed E-state index contributed by atoms with van der Waals surface area (Å²) in [5.74, 6) is 0.872. The van der Waals surface area contributed by atoms with Gasteiger partial charge in [-0.2, -0.15) is 0 Å². The van der Waals surface area contributed by atoms with Crippen LogP contribution in [0.2, 0.25) is 0 Å². The second kappa shape index (κ2) is 9.37. The van der Waals surface area contributed by atoms with Gasteiger partial charge in [-0.05, 0) is 77.4 Å². The van der Waals surface area contributed by atoms with Crippen molar-refractivity contribution in [2.24, 2.45) is 5.41 Å². The summed E-state index contributed by atoms with van der Waals surface area (Å²) in [6, 6.07) is 18.6. The monoisotopic (exact) mass is 498 g/mol. The molecular weight excluding hydrogens is 466 g/mol. The Kier molecular flexibility index (Phi) is 6.35. The third-order valence-corrected chi connectivity index (χ3v) is 7.15. The number of halogens is 2. The quantitative estimate of drug-likeness (QED) is 0.234. The number of rotatable bonds is 6. The molecule has 5 heteroatoms. The second-order valence-corrected chi connectivity index (χ2v) is 11.0. The molecule has 37 heavy (non-hydrogen) atoms. The molecule has 3 nitrogen and oxygen atoms in total. The highest BCUT2D eigenvalue weighted by molar-refractivity contribution is 5.95. The van der Waals surface area contributed by atoms with Crippen molar-refractivity contribution in [3.05, 3.63) is 83.0 Å². The number of nitrogens with zero attached hydrogens (tertiary/aromatic N) is 2. The zero-order valence-corrected chi connectivity index (χ0v) is 22.2. The van der Waals surface area contributed by atoms with Gasteiger partial charge < -0.3 is 4.42 Å². The van der Waals surface area contributed by atoms with E-state index in [1.54, 1.807) is 20.0 Å². The van der Waals surface area contributed by atoms with Crippen LogP contribution in [0.4, 0.5) is 8.78 Å². The van der Waals surface area contributed by atoms with Crippen LogP contribution in [0.5, 0.6) is 0 Å². The lowest BCUT2D eigenvalue weighted by atomic mass is 9.84. The molecule has 190 valence electrons. The lowest BCUT2D eigenvalue weighted by molar-refractivity contribution is 0.0200. The summed E-state index contributed by atoms with van der Waals surface area (Å²) in [6.07, 6.45) is -0.320. The van der Waals surface area contributed by atoms with E-state index in [4.69, 9.17) is 14.4 Å². The largest absolute Gasteiger partial charge is 0.434 e. The Hall–Kier alpha value is -3.60.